The van der Waals surface area contributed by atoms with Gasteiger partial charge in [0.05, 0.1) is 29.3 Å². The fourth-order valence-electron chi connectivity index (χ4n) is 5.83. The van der Waals surface area contributed by atoms with Crippen LogP contribution in [0, 0.1) is 11.8 Å². The van der Waals surface area contributed by atoms with Gasteiger partial charge >= 0.3 is 11.9 Å². The molecule has 230 valence electrons. The van der Waals surface area contributed by atoms with Gasteiger partial charge in [-0.3, -0.25) is 14.4 Å². The van der Waals surface area contributed by atoms with Crippen molar-refractivity contribution < 1.29 is 29.0 Å². The summed E-state index contributed by atoms with van der Waals surface area (Å²) in [6.45, 7) is 3.81. The Morgan fingerprint density at radius 2 is 1.77 bits per heavy atom. The van der Waals surface area contributed by atoms with Crippen molar-refractivity contribution in [2.75, 3.05) is 17.2 Å². The molecule has 2 aliphatic carbocycles. The summed E-state index contributed by atoms with van der Waals surface area (Å²) in [5, 5.41) is 15.4. The predicted octanol–water partition coefficient (Wildman–Crippen LogP) is 6.92. The van der Waals surface area contributed by atoms with Crippen molar-refractivity contribution in [1.29, 1.82) is 0 Å². The Kier molecular flexibility index (Phi) is 10.2. The lowest BCUT2D eigenvalue weighted by Gasteiger charge is -2.24. The van der Waals surface area contributed by atoms with E-state index in [-0.39, 0.29) is 18.4 Å². The van der Waals surface area contributed by atoms with E-state index >= 15 is 0 Å². The number of hydrogen-bond donors (Lipinski definition) is 3. The van der Waals surface area contributed by atoms with Crippen molar-refractivity contribution in [3.8, 4) is 0 Å². The molecule has 0 fully saturated rings. The number of thiophene rings is 1. The highest BCUT2D eigenvalue weighted by Gasteiger charge is 2.34. The molecule has 4 unspecified atom stereocenters. The van der Waals surface area contributed by atoms with Crippen LogP contribution < -0.4 is 10.6 Å². The Hall–Kier alpha value is -3.89. The standard InChI is InChI=1S/C34H36N2O6S2/c1-3-42-34(41)29-27-17-16-22(21-10-5-4-6-11-21)18-28(27)44-32(29)36-30(37)20(2)43-24-13-9-12-23(19-24)35-31(38)25-14-7-8-15-26(25)33(39)40/h4-13,19-20,22,25-26H,3,14-18H2,1-2H3,(H,35,38)(H,36,37)(H,39,40). The number of hydrogen-bond acceptors (Lipinski definition) is 7. The average molecular weight is 633 g/mol. The number of carboxylic acids is 1. The molecule has 0 aliphatic heterocycles. The van der Waals surface area contributed by atoms with Crippen LogP contribution >= 0.6 is 23.1 Å². The predicted molar refractivity (Wildman–Crippen MR) is 173 cm³/mol. The summed E-state index contributed by atoms with van der Waals surface area (Å²) >= 11 is 2.79. The number of anilines is 2. The number of aliphatic carboxylic acids is 1. The summed E-state index contributed by atoms with van der Waals surface area (Å²) < 4.78 is 5.39. The van der Waals surface area contributed by atoms with E-state index in [4.69, 9.17) is 4.74 Å². The van der Waals surface area contributed by atoms with Crippen LogP contribution in [0.3, 0.4) is 0 Å². The van der Waals surface area contributed by atoms with Crippen molar-refractivity contribution in [2.45, 2.75) is 62.0 Å². The summed E-state index contributed by atoms with van der Waals surface area (Å²) in [7, 11) is 0. The molecule has 1 aromatic heterocycles. The van der Waals surface area contributed by atoms with E-state index in [1.807, 2.05) is 30.3 Å². The smallest absolute Gasteiger partial charge is 0.341 e. The normalized spacial score (nSPS) is 19.8. The van der Waals surface area contributed by atoms with Gasteiger partial charge in [0.1, 0.15) is 5.00 Å². The van der Waals surface area contributed by atoms with Gasteiger partial charge < -0.3 is 20.5 Å². The number of carbonyl (C=O) groups excluding carboxylic acids is 3. The second-order valence-electron chi connectivity index (χ2n) is 11.0. The molecular formula is C34H36N2O6S2. The molecule has 0 bridgehead atoms. The summed E-state index contributed by atoms with van der Waals surface area (Å²) in [5.41, 5.74) is 3.24. The van der Waals surface area contributed by atoms with Crippen LogP contribution in [0.25, 0.3) is 0 Å². The van der Waals surface area contributed by atoms with Gasteiger partial charge in [0.25, 0.3) is 0 Å². The van der Waals surface area contributed by atoms with E-state index in [1.165, 1.54) is 28.7 Å². The van der Waals surface area contributed by atoms with Crippen molar-refractivity contribution in [3.05, 3.63) is 88.3 Å². The van der Waals surface area contributed by atoms with Crippen LogP contribution in [0.1, 0.15) is 65.4 Å². The average Bonchev–Trinajstić information content (AvgIpc) is 3.38. The highest BCUT2D eigenvalue weighted by molar-refractivity contribution is 8.00. The third-order valence-corrected chi connectivity index (χ3v) is 10.4. The first-order valence-electron chi connectivity index (χ1n) is 14.9. The van der Waals surface area contributed by atoms with E-state index in [0.29, 0.717) is 35.0 Å². The van der Waals surface area contributed by atoms with Crippen molar-refractivity contribution in [2.24, 2.45) is 11.8 Å². The number of fused-ring (bicyclic) bond motifs is 1. The molecule has 5 rings (SSSR count). The number of carbonyl (C=O) groups is 4. The van der Waals surface area contributed by atoms with Gasteiger partial charge in [-0.1, -0.05) is 48.6 Å². The van der Waals surface area contributed by atoms with Gasteiger partial charge in [-0.2, -0.15) is 0 Å². The lowest BCUT2D eigenvalue weighted by molar-refractivity contribution is -0.146. The Labute approximate surface area is 265 Å². The molecule has 3 aromatic rings. The van der Waals surface area contributed by atoms with Gasteiger partial charge in [0.2, 0.25) is 11.8 Å². The SMILES string of the molecule is CCOC(=O)c1c(NC(=O)C(C)Sc2cccc(NC(=O)C3CC=CCC3C(=O)O)c2)sc2c1CCC(c1ccccc1)C2. The molecule has 1 heterocycles. The third-order valence-electron chi connectivity index (χ3n) is 8.12. The first-order chi connectivity index (χ1) is 21.2. The van der Waals surface area contributed by atoms with Crippen LogP contribution in [0.4, 0.5) is 10.7 Å². The number of nitrogens with one attached hydrogen (secondary N) is 2. The largest absolute Gasteiger partial charge is 0.481 e. The number of allylic oxidation sites excluding steroid dienone is 2. The zero-order valence-electron chi connectivity index (χ0n) is 24.7. The molecule has 4 atom stereocenters. The Balaban J connectivity index is 1.27. The number of ether oxygens (including phenoxy) is 1. The van der Waals surface area contributed by atoms with E-state index in [2.05, 4.69) is 22.8 Å². The highest BCUT2D eigenvalue weighted by atomic mass is 32.2. The number of thioether (sulfide) groups is 1. The van der Waals surface area contributed by atoms with E-state index in [9.17, 15) is 24.3 Å². The van der Waals surface area contributed by atoms with E-state index in [0.717, 1.165) is 34.6 Å². The summed E-state index contributed by atoms with van der Waals surface area (Å²) in [6.07, 6.45) is 6.81. The van der Waals surface area contributed by atoms with Gasteiger partial charge in [-0.25, -0.2) is 4.79 Å². The molecule has 0 saturated carbocycles. The highest BCUT2D eigenvalue weighted by Crippen LogP contribution is 2.43. The fraction of sp³-hybridized carbons (Fsp3) is 0.353. The minimum atomic E-state index is -0.979. The van der Waals surface area contributed by atoms with Crippen LogP contribution in [0.2, 0.25) is 0 Å². The number of esters is 1. The lowest BCUT2D eigenvalue weighted by Crippen LogP contribution is -2.34. The van der Waals surface area contributed by atoms with Gasteiger partial charge in [-0.15, -0.1) is 23.1 Å². The Morgan fingerprint density at radius 1 is 1.02 bits per heavy atom. The molecule has 2 aromatic carbocycles. The monoisotopic (exact) mass is 632 g/mol. The maximum Gasteiger partial charge on any atom is 0.341 e. The first-order valence-corrected chi connectivity index (χ1v) is 16.6. The number of rotatable bonds is 10. The minimum absolute atomic E-state index is 0.244. The zero-order valence-corrected chi connectivity index (χ0v) is 26.3. The zero-order chi connectivity index (χ0) is 31.2. The molecule has 10 heteroatoms. The molecule has 44 heavy (non-hydrogen) atoms. The summed E-state index contributed by atoms with van der Waals surface area (Å²) in [6, 6.07) is 17.5. The van der Waals surface area contributed by atoms with Gasteiger partial charge in [-0.05, 0) is 81.2 Å². The van der Waals surface area contributed by atoms with Crippen LogP contribution in [0.5, 0.6) is 0 Å². The third kappa shape index (κ3) is 7.25. The molecule has 8 nitrogen and oxygen atoms in total. The molecule has 0 saturated heterocycles. The number of carboxylic acid groups (broad SMARTS) is 1. The van der Waals surface area contributed by atoms with Crippen molar-refractivity contribution >= 4 is 57.5 Å². The van der Waals surface area contributed by atoms with Crippen LogP contribution in [-0.4, -0.2) is 40.7 Å². The quantitative estimate of drug-likeness (QED) is 0.126. The van der Waals surface area contributed by atoms with E-state index in [1.54, 1.807) is 38.1 Å². The molecular weight excluding hydrogens is 597 g/mol. The van der Waals surface area contributed by atoms with Crippen LogP contribution in [0.15, 0.2) is 71.6 Å². The molecule has 0 radical (unpaired) electrons. The van der Waals surface area contributed by atoms with Crippen molar-refractivity contribution in [1.82, 2.24) is 0 Å². The summed E-state index contributed by atoms with van der Waals surface area (Å²) in [5.74, 6) is -3.02. The van der Waals surface area contributed by atoms with Gasteiger partial charge in [0.15, 0.2) is 0 Å². The van der Waals surface area contributed by atoms with Crippen molar-refractivity contribution in [3.63, 3.8) is 0 Å². The Bertz CT molecular complexity index is 1570. The fourth-order valence-corrected chi connectivity index (χ4v) is 8.08. The van der Waals surface area contributed by atoms with Crippen LogP contribution in [-0.2, 0) is 32.0 Å². The molecule has 2 amide bonds. The number of benzene rings is 2. The maximum atomic E-state index is 13.4. The summed E-state index contributed by atoms with van der Waals surface area (Å²) in [4.78, 5) is 52.9. The second kappa shape index (κ2) is 14.3. The van der Waals surface area contributed by atoms with Gasteiger partial charge in [0, 0.05) is 15.5 Å². The lowest BCUT2D eigenvalue weighted by atomic mass is 9.82. The second-order valence-corrected chi connectivity index (χ2v) is 13.6. The first kappa shape index (κ1) is 31.5. The molecule has 3 N–H and O–H groups in total. The molecule has 0 spiro atoms. The molecule has 2 aliphatic rings. The van der Waals surface area contributed by atoms with E-state index < -0.39 is 29.0 Å². The Morgan fingerprint density at radius 3 is 2.50 bits per heavy atom. The minimum Gasteiger partial charge on any atom is -0.481 e. The topological polar surface area (TPSA) is 122 Å². The number of amides is 2. The maximum absolute atomic E-state index is 13.4.